The van der Waals surface area contributed by atoms with E-state index in [1.54, 1.807) is 23.5 Å². The van der Waals surface area contributed by atoms with E-state index in [0.717, 1.165) is 15.3 Å². The lowest BCUT2D eigenvalue weighted by Gasteiger charge is -2.20. The van der Waals surface area contributed by atoms with Crippen LogP contribution in [0.4, 0.5) is 4.39 Å². The second kappa shape index (κ2) is 8.74. The second-order valence-corrected chi connectivity index (χ2v) is 7.31. The van der Waals surface area contributed by atoms with E-state index in [4.69, 9.17) is 0 Å². The third kappa shape index (κ3) is 4.77. The van der Waals surface area contributed by atoms with Gasteiger partial charge in [0.1, 0.15) is 12.4 Å². The highest BCUT2D eigenvalue weighted by atomic mass is 32.1. The number of thiophene rings is 1. The first kappa shape index (κ1) is 18.3. The van der Waals surface area contributed by atoms with Crippen LogP contribution in [-0.2, 0) is 11.3 Å². The van der Waals surface area contributed by atoms with E-state index in [0.29, 0.717) is 12.1 Å². The van der Waals surface area contributed by atoms with Gasteiger partial charge in [-0.1, -0.05) is 54.6 Å². The lowest BCUT2D eigenvalue weighted by Crippen LogP contribution is -3.09. The summed E-state index contributed by atoms with van der Waals surface area (Å²) in [5, 5.41) is 5.13. The molecule has 26 heavy (non-hydrogen) atoms. The summed E-state index contributed by atoms with van der Waals surface area (Å²) < 4.78 is 13.8. The van der Waals surface area contributed by atoms with Gasteiger partial charge in [-0.3, -0.25) is 4.79 Å². The minimum atomic E-state index is -0.229. The Morgan fingerprint density at radius 1 is 1.08 bits per heavy atom. The molecule has 1 amide bonds. The van der Waals surface area contributed by atoms with Gasteiger partial charge in [-0.2, -0.15) is 0 Å². The fourth-order valence-corrected chi connectivity index (χ4v) is 3.74. The van der Waals surface area contributed by atoms with Crippen molar-refractivity contribution < 1.29 is 14.1 Å². The normalized spacial score (nSPS) is 13.2. The van der Waals surface area contributed by atoms with Crippen molar-refractivity contribution >= 4 is 17.2 Å². The van der Waals surface area contributed by atoms with Crippen LogP contribution < -0.4 is 10.2 Å². The van der Waals surface area contributed by atoms with Gasteiger partial charge in [-0.25, -0.2) is 4.39 Å². The van der Waals surface area contributed by atoms with Crippen molar-refractivity contribution in [3.05, 3.63) is 93.9 Å². The highest BCUT2D eigenvalue weighted by molar-refractivity contribution is 7.10. The van der Waals surface area contributed by atoms with Crippen molar-refractivity contribution in [2.24, 2.45) is 0 Å². The van der Waals surface area contributed by atoms with Crippen molar-refractivity contribution in [3.63, 3.8) is 0 Å². The van der Waals surface area contributed by atoms with Gasteiger partial charge in [0.2, 0.25) is 0 Å². The van der Waals surface area contributed by atoms with E-state index >= 15 is 0 Å². The average molecular weight is 369 g/mol. The zero-order chi connectivity index (χ0) is 18.4. The predicted octanol–water partition coefficient (Wildman–Crippen LogP) is 2.81. The first-order chi connectivity index (χ1) is 12.6. The number of quaternary nitrogens is 1. The summed E-state index contributed by atoms with van der Waals surface area (Å²) in [5.74, 6) is -0.283. The van der Waals surface area contributed by atoms with Crippen molar-refractivity contribution in [2.75, 3.05) is 13.6 Å². The van der Waals surface area contributed by atoms with Crippen LogP contribution in [0.25, 0.3) is 0 Å². The van der Waals surface area contributed by atoms with Crippen molar-refractivity contribution in [1.29, 1.82) is 0 Å². The SMILES string of the molecule is C[NH+](CC(=O)N[C@H](c1ccccc1)c1cccs1)Cc1ccccc1F. The quantitative estimate of drug-likeness (QED) is 0.660. The second-order valence-electron chi connectivity index (χ2n) is 6.33. The van der Waals surface area contributed by atoms with Crippen molar-refractivity contribution in [1.82, 2.24) is 5.32 Å². The molecule has 1 unspecified atom stereocenters. The van der Waals surface area contributed by atoms with Crippen LogP contribution in [0.2, 0.25) is 0 Å². The van der Waals surface area contributed by atoms with Crippen LogP contribution in [-0.4, -0.2) is 19.5 Å². The van der Waals surface area contributed by atoms with Gasteiger partial charge in [0, 0.05) is 10.4 Å². The molecule has 0 saturated carbocycles. The van der Waals surface area contributed by atoms with Gasteiger partial charge in [0.05, 0.1) is 13.1 Å². The number of likely N-dealkylation sites (N-methyl/N-ethyl adjacent to an activating group) is 1. The van der Waals surface area contributed by atoms with E-state index in [-0.39, 0.29) is 24.3 Å². The number of hydrogen-bond donors (Lipinski definition) is 2. The van der Waals surface area contributed by atoms with Gasteiger partial charge in [-0.05, 0) is 23.1 Å². The molecule has 3 rings (SSSR count). The maximum atomic E-state index is 13.8. The third-order valence-corrected chi connectivity index (χ3v) is 5.12. The topological polar surface area (TPSA) is 33.5 Å². The molecule has 0 fully saturated rings. The first-order valence-electron chi connectivity index (χ1n) is 8.56. The summed E-state index contributed by atoms with van der Waals surface area (Å²) in [4.78, 5) is 14.6. The molecule has 0 bridgehead atoms. The maximum absolute atomic E-state index is 13.8. The summed E-state index contributed by atoms with van der Waals surface area (Å²) in [6.45, 7) is 0.748. The molecular formula is C21H22FN2OS+. The highest BCUT2D eigenvalue weighted by Gasteiger charge is 2.20. The Morgan fingerprint density at radius 3 is 2.50 bits per heavy atom. The molecule has 134 valence electrons. The van der Waals surface area contributed by atoms with E-state index < -0.39 is 0 Å². The molecular weight excluding hydrogens is 347 g/mol. The zero-order valence-corrected chi connectivity index (χ0v) is 15.4. The Labute approximate surface area is 157 Å². The molecule has 2 atom stereocenters. The third-order valence-electron chi connectivity index (χ3n) is 4.18. The summed E-state index contributed by atoms with van der Waals surface area (Å²) in [6.07, 6.45) is 0. The van der Waals surface area contributed by atoms with Crippen LogP contribution in [0.3, 0.4) is 0 Å². The molecule has 2 N–H and O–H groups in total. The van der Waals surface area contributed by atoms with E-state index in [2.05, 4.69) is 5.32 Å². The Hall–Kier alpha value is -2.50. The summed E-state index contributed by atoms with van der Waals surface area (Å²) >= 11 is 1.62. The first-order valence-corrected chi connectivity index (χ1v) is 9.44. The molecule has 0 radical (unpaired) electrons. The summed E-state index contributed by atoms with van der Waals surface area (Å²) in [7, 11) is 1.90. The molecule has 0 aliphatic rings. The fraction of sp³-hybridized carbons (Fsp3) is 0.190. The molecule has 0 aliphatic carbocycles. The number of nitrogens with one attached hydrogen (secondary N) is 2. The Balaban J connectivity index is 1.66. The molecule has 3 aromatic rings. The van der Waals surface area contributed by atoms with Crippen LogP contribution >= 0.6 is 11.3 Å². The van der Waals surface area contributed by atoms with Crippen molar-refractivity contribution in [2.45, 2.75) is 12.6 Å². The number of amides is 1. The molecule has 0 aliphatic heterocycles. The van der Waals surface area contributed by atoms with Gasteiger partial charge in [0.25, 0.3) is 5.91 Å². The number of carbonyl (C=O) groups excluding carboxylic acids is 1. The molecule has 0 spiro atoms. The van der Waals surface area contributed by atoms with E-state index in [1.165, 1.54) is 6.07 Å². The van der Waals surface area contributed by atoms with Crippen molar-refractivity contribution in [3.8, 4) is 0 Å². The average Bonchev–Trinajstić information content (AvgIpc) is 3.17. The molecule has 0 saturated heterocycles. The standard InChI is InChI=1S/C21H21FN2OS/c1-24(14-17-10-5-6-11-18(17)22)15-20(25)23-21(19-12-7-13-26-19)16-8-3-2-4-9-16/h2-13,21H,14-15H2,1H3,(H,23,25)/p+1/t21-/m1/s1. The minimum absolute atomic E-state index is 0.0545. The maximum Gasteiger partial charge on any atom is 0.275 e. The lowest BCUT2D eigenvalue weighted by molar-refractivity contribution is -0.885. The molecule has 1 heterocycles. The molecule has 1 aromatic heterocycles. The van der Waals surface area contributed by atoms with E-state index in [1.807, 2.05) is 61.0 Å². The van der Waals surface area contributed by atoms with Gasteiger partial charge >= 0.3 is 0 Å². The number of rotatable bonds is 7. The highest BCUT2D eigenvalue weighted by Crippen LogP contribution is 2.25. The van der Waals surface area contributed by atoms with E-state index in [9.17, 15) is 9.18 Å². The van der Waals surface area contributed by atoms with Gasteiger partial charge in [0.15, 0.2) is 6.54 Å². The Morgan fingerprint density at radius 2 is 1.81 bits per heavy atom. The lowest BCUT2D eigenvalue weighted by atomic mass is 10.1. The van der Waals surface area contributed by atoms with Gasteiger partial charge < -0.3 is 10.2 Å². The summed E-state index contributed by atoms with van der Waals surface area (Å²) in [6, 6.07) is 20.5. The Kier molecular flexibility index (Phi) is 6.15. The molecule has 3 nitrogen and oxygen atoms in total. The largest absolute Gasteiger partial charge is 0.339 e. The number of carbonyl (C=O) groups is 1. The predicted molar refractivity (Wildman–Crippen MR) is 103 cm³/mol. The number of halogens is 1. The van der Waals surface area contributed by atoms with Crippen LogP contribution in [0.1, 0.15) is 22.0 Å². The monoisotopic (exact) mass is 369 g/mol. The fourth-order valence-electron chi connectivity index (χ4n) is 2.94. The smallest absolute Gasteiger partial charge is 0.275 e. The number of benzene rings is 2. The number of hydrogen-bond acceptors (Lipinski definition) is 2. The molecule has 2 aromatic carbocycles. The van der Waals surface area contributed by atoms with Crippen LogP contribution in [0.5, 0.6) is 0 Å². The van der Waals surface area contributed by atoms with Gasteiger partial charge in [-0.15, -0.1) is 11.3 Å². The van der Waals surface area contributed by atoms with Crippen LogP contribution in [0.15, 0.2) is 72.1 Å². The molecule has 5 heteroatoms. The minimum Gasteiger partial charge on any atom is -0.339 e. The Bertz CT molecular complexity index is 836. The van der Waals surface area contributed by atoms with Crippen LogP contribution in [0, 0.1) is 5.82 Å². The summed E-state index contributed by atoms with van der Waals surface area (Å²) in [5.41, 5.74) is 1.67. The zero-order valence-electron chi connectivity index (χ0n) is 14.6.